The molecule has 4 heteroatoms. The molecule has 0 aliphatic carbocycles. The number of hydrogen-bond donors (Lipinski definition) is 1. The molecule has 0 bridgehead atoms. The highest BCUT2D eigenvalue weighted by atomic mass is 19.1. The van der Waals surface area contributed by atoms with Gasteiger partial charge in [0.05, 0.1) is 6.61 Å². The zero-order valence-electron chi connectivity index (χ0n) is 10.8. The summed E-state index contributed by atoms with van der Waals surface area (Å²) in [7, 11) is 0. The van der Waals surface area contributed by atoms with Gasteiger partial charge in [0.2, 0.25) is 0 Å². The molecular formula is C14H21F2NO. The van der Waals surface area contributed by atoms with E-state index in [0.29, 0.717) is 6.61 Å². The molecule has 0 fully saturated rings. The lowest BCUT2D eigenvalue weighted by molar-refractivity contribution is 0.301. The first kappa shape index (κ1) is 14.9. The van der Waals surface area contributed by atoms with Crippen LogP contribution >= 0.6 is 0 Å². The van der Waals surface area contributed by atoms with Crippen LogP contribution in [0.15, 0.2) is 18.2 Å². The van der Waals surface area contributed by atoms with Gasteiger partial charge in [0.1, 0.15) is 17.4 Å². The van der Waals surface area contributed by atoms with Gasteiger partial charge >= 0.3 is 0 Å². The van der Waals surface area contributed by atoms with E-state index in [1.807, 2.05) is 0 Å². The zero-order valence-corrected chi connectivity index (χ0v) is 10.8. The summed E-state index contributed by atoms with van der Waals surface area (Å²) in [5.74, 6) is -0.938. The number of rotatable bonds is 9. The first-order valence-corrected chi connectivity index (χ1v) is 6.52. The maximum absolute atomic E-state index is 12.8. The fraction of sp³-hybridized carbons (Fsp3) is 0.571. The second-order valence-electron chi connectivity index (χ2n) is 4.22. The lowest BCUT2D eigenvalue weighted by atomic mass is 10.2. The first-order chi connectivity index (χ1) is 8.72. The third-order valence-corrected chi connectivity index (χ3v) is 2.60. The van der Waals surface area contributed by atoms with Gasteiger partial charge in [-0.05, 0) is 25.9 Å². The smallest absolute Gasteiger partial charge is 0.129 e. The average molecular weight is 257 g/mol. The van der Waals surface area contributed by atoms with Crippen molar-refractivity contribution in [1.82, 2.24) is 5.32 Å². The zero-order chi connectivity index (χ0) is 13.2. The molecule has 0 aliphatic rings. The van der Waals surface area contributed by atoms with Gasteiger partial charge in [-0.25, -0.2) is 8.78 Å². The van der Waals surface area contributed by atoms with Gasteiger partial charge in [-0.15, -0.1) is 0 Å². The molecular weight excluding hydrogens is 236 g/mol. The lowest BCUT2D eigenvalue weighted by Gasteiger charge is -2.06. The third kappa shape index (κ3) is 6.55. The van der Waals surface area contributed by atoms with Crippen LogP contribution in [0.3, 0.4) is 0 Å². The van der Waals surface area contributed by atoms with Gasteiger partial charge in [0.25, 0.3) is 0 Å². The SMILES string of the molecule is CCNCCCCCCOc1cc(F)cc(F)c1. The van der Waals surface area contributed by atoms with Crippen molar-refractivity contribution in [3.63, 3.8) is 0 Å². The monoisotopic (exact) mass is 257 g/mol. The van der Waals surface area contributed by atoms with Gasteiger partial charge in [-0.2, -0.15) is 0 Å². The third-order valence-electron chi connectivity index (χ3n) is 2.60. The van der Waals surface area contributed by atoms with E-state index in [2.05, 4.69) is 12.2 Å². The van der Waals surface area contributed by atoms with Crippen LogP contribution in [0.1, 0.15) is 32.6 Å². The van der Waals surface area contributed by atoms with Crippen molar-refractivity contribution < 1.29 is 13.5 Å². The first-order valence-electron chi connectivity index (χ1n) is 6.52. The number of benzene rings is 1. The van der Waals surface area contributed by atoms with Gasteiger partial charge in [-0.3, -0.25) is 0 Å². The molecule has 1 aromatic carbocycles. The molecule has 1 N–H and O–H groups in total. The second kappa shape index (κ2) is 8.86. The van der Waals surface area contributed by atoms with E-state index in [9.17, 15) is 8.78 Å². The number of hydrogen-bond acceptors (Lipinski definition) is 2. The number of halogens is 2. The summed E-state index contributed by atoms with van der Waals surface area (Å²) in [5, 5.41) is 3.26. The maximum atomic E-state index is 12.8. The molecule has 0 atom stereocenters. The maximum Gasteiger partial charge on any atom is 0.129 e. The molecule has 0 aliphatic heterocycles. The lowest BCUT2D eigenvalue weighted by Crippen LogP contribution is -2.13. The summed E-state index contributed by atoms with van der Waals surface area (Å²) in [6, 6.07) is 3.25. The summed E-state index contributed by atoms with van der Waals surface area (Å²) in [4.78, 5) is 0. The molecule has 0 spiro atoms. The minimum atomic E-state index is -0.601. The van der Waals surface area contributed by atoms with Gasteiger partial charge in [0, 0.05) is 18.2 Å². The normalized spacial score (nSPS) is 10.6. The van der Waals surface area contributed by atoms with Crippen LogP contribution in [0.4, 0.5) is 8.78 Å². The van der Waals surface area contributed by atoms with Crippen LogP contribution < -0.4 is 10.1 Å². The van der Waals surface area contributed by atoms with Gasteiger partial charge in [-0.1, -0.05) is 19.8 Å². The molecule has 102 valence electrons. The van der Waals surface area contributed by atoms with E-state index < -0.39 is 11.6 Å². The molecule has 0 amide bonds. The Labute approximate surface area is 107 Å². The molecule has 0 heterocycles. The number of nitrogens with one attached hydrogen (secondary N) is 1. The van der Waals surface area contributed by atoms with Crippen LogP contribution in [-0.2, 0) is 0 Å². The standard InChI is InChI=1S/C14H21F2NO/c1-2-17-7-5-3-4-6-8-18-14-10-12(15)9-13(16)11-14/h9-11,17H,2-8H2,1H3. The Morgan fingerprint density at radius 3 is 2.33 bits per heavy atom. The molecule has 0 unspecified atom stereocenters. The Balaban J connectivity index is 2.07. The van der Waals surface area contributed by atoms with Crippen molar-refractivity contribution >= 4 is 0 Å². The van der Waals surface area contributed by atoms with Crippen LogP contribution in [0.2, 0.25) is 0 Å². The molecule has 0 radical (unpaired) electrons. The minimum absolute atomic E-state index is 0.264. The molecule has 18 heavy (non-hydrogen) atoms. The van der Waals surface area contributed by atoms with Crippen molar-refractivity contribution in [2.24, 2.45) is 0 Å². The second-order valence-corrected chi connectivity index (χ2v) is 4.22. The predicted octanol–water partition coefficient (Wildman–Crippen LogP) is 3.51. The molecule has 2 nitrogen and oxygen atoms in total. The molecule has 0 aromatic heterocycles. The highest BCUT2D eigenvalue weighted by molar-refractivity contribution is 5.23. The van der Waals surface area contributed by atoms with Crippen LogP contribution in [0.5, 0.6) is 5.75 Å². The molecule has 1 aromatic rings. The summed E-state index contributed by atoms with van der Waals surface area (Å²) in [6.45, 7) is 4.65. The van der Waals surface area contributed by atoms with E-state index >= 15 is 0 Å². The average Bonchev–Trinajstić information content (AvgIpc) is 2.31. The summed E-state index contributed by atoms with van der Waals surface area (Å²) in [6.07, 6.45) is 4.28. The van der Waals surface area contributed by atoms with Gasteiger partial charge in [0.15, 0.2) is 0 Å². The Hall–Kier alpha value is -1.16. The summed E-state index contributed by atoms with van der Waals surface area (Å²) >= 11 is 0. The fourth-order valence-electron chi connectivity index (χ4n) is 1.68. The van der Waals surface area contributed by atoms with E-state index in [1.165, 1.54) is 12.1 Å². The largest absolute Gasteiger partial charge is 0.493 e. The fourth-order valence-corrected chi connectivity index (χ4v) is 1.68. The van der Waals surface area contributed by atoms with Crippen molar-refractivity contribution in [2.75, 3.05) is 19.7 Å². The Morgan fingerprint density at radius 1 is 1.00 bits per heavy atom. The number of unbranched alkanes of at least 4 members (excludes halogenated alkanes) is 3. The van der Waals surface area contributed by atoms with E-state index in [-0.39, 0.29) is 5.75 Å². The van der Waals surface area contributed by atoms with Crippen LogP contribution in [0.25, 0.3) is 0 Å². The van der Waals surface area contributed by atoms with E-state index in [4.69, 9.17) is 4.74 Å². The topological polar surface area (TPSA) is 21.3 Å². The highest BCUT2D eigenvalue weighted by Gasteiger charge is 2.01. The minimum Gasteiger partial charge on any atom is -0.493 e. The van der Waals surface area contributed by atoms with Crippen molar-refractivity contribution in [3.05, 3.63) is 29.8 Å². The van der Waals surface area contributed by atoms with Crippen molar-refractivity contribution in [1.29, 1.82) is 0 Å². The quantitative estimate of drug-likeness (QED) is 0.683. The highest BCUT2D eigenvalue weighted by Crippen LogP contribution is 2.15. The Kier molecular flexibility index (Phi) is 7.34. The Bertz CT molecular complexity index is 324. The molecule has 0 saturated heterocycles. The molecule has 1 rings (SSSR count). The predicted molar refractivity (Wildman–Crippen MR) is 68.9 cm³/mol. The molecule has 0 saturated carbocycles. The number of ether oxygens (including phenoxy) is 1. The summed E-state index contributed by atoms with van der Waals surface area (Å²) < 4.78 is 31.0. The Morgan fingerprint density at radius 2 is 1.67 bits per heavy atom. The van der Waals surface area contributed by atoms with Gasteiger partial charge < -0.3 is 10.1 Å². The van der Waals surface area contributed by atoms with Crippen molar-refractivity contribution in [3.8, 4) is 5.75 Å². The van der Waals surface area contributed by atoms with E-state index in [1.54, 1.807) is 0 Å². The van der Waals surface area contributed by atoms with Crippen molar-refractivity contribution in [2.45, 2.75) is 32.6 Å². The van der Waals surface area contributed by atoms with Crippen LogP contribution in [0, 0.1) is 11.6 Å². The van der Waals surface area contributed by atoms with Crippen LogP contribution in [-0.4, -0.2) is 19.7 Å². The summed E-state index contributed by atoms with van der Waals surface area (Å²) in [5.41, 5.74) is 0. The van der Waals surface area contributed by atoms with E-state index in [0.717, 1.165) is 44.8 Å².